The minimum Gasteiger partial charge on any atom is -0.351 e. The Kier molecular flexibility index (Phi) is 8.38. The number of urea groups is 1. The number of piperidine rings is 1. The Balaban J connectivity index is 1.85. The van der Waals surface area contributed by atoms with Crippen molar-refractivity contribution in [2.45, 2.75) is 64.6 Å². The van der Waals surface area contributed by atoms with E-state index in [0.717, 1.165) is 32.4 Å². The van der Waals surface area contributed by atoms with E-state index in [0.29, 0.717) is 23.2 Å². The van der Waals surface area contributed by atoms with Crippen molar-refractivity contribution in [3.63, 3.8) is 0 Å². The van der Waals surface area contributed by atoms with E-state index in [9.17, 15) is 9.59 Å². The van der Waals surface area contributed by atoms with E-state index < -0.39 is 6.04 Å². The third-order valence-corrected chi connectivity index (χ3v) is 5.16. The number of amides is 3. The van der Waals surface area contributed by atoms with Crippen LogP contribution < -0.4 is 16.0 Å². The molecule has 0 aliphatic carbocycles. The molecular weight excluding hydrogens is 364 g/mol. The molecule has 1 aliphatic heterocycles. The van der Waals surface area contributed by atoms with Crippen LogP contribution in [0.3, 0.4) is 0 Å². The zero-order valence-corrected chi connectivity index (χ0v) is 17.2. The van der Waals surface area contributed by atoms with E-state index >= 15 is 0 Å². The Labute approximate surface area is 167 Å². The summed E-state index contributed by atoms with van der Waals surface area (Å²) >= 11 is 5.85. The number of hydrogen-bond donors (Lipinski definition) is 3. The number of halogens is 1. The predicted octanol–water partition coefficient (Wildman–Crippen LogP) is 3.62. The van der Waals surface area contributed by atoms with Gasteiger partial charge in [0.2, 0.25) is 5.91 Å². The van der Waals surface area contributed by atoms with Gasteiger partial charge in [0.1, 0.15) is 6.04 Å². The topological polar surface area (TPSA) is 73.5 Å². The normalized spacial score (nSPS) is 16.8. The lowest BCUT2D eigenvalue weighted by Gasteiger charge is -2.35. The van der Waals surface area contributed by atoms with Crippen LogP contribution in [-0.4, -0.2) is 48.1 Å². The van der Waals surface area contributed by atoms with Crippen LogP contribution in [0.4, 0.5) is 10.5 Å². The van der Waals surface area contributed by atoms with Gasteiger partial charge >= 0.3 is 6.03 Å². The fourth-order valence-electron chi connectivity index (χ4n) is 3.28. The quantitative estimate of drug-likeness (QED) is 0.661. The van der Waals surface area contributed by atoms with Gasteiger partial charge in [0, 0.05) is 35.9 Å². The molecule has 0 radical (unpaired) electrons. The monoisotopic (exact) mass is 394 g/mol. The number of nitrogens with one attached hydrogen (secondary N) is 3. The molecule has 1 heterocycles. The molecule has 1 aliphatic rings. The number of rotatable bonds is 7. The van der Waals surface area contributed by atoms with Crippen LogP contribution in [0, 0.1) is 0 Å². The van der Waals surface area contributed by atoms with E-state index in [4.69, 9.17) is 11.6 Å². The van der Waals surface area contributed by atoms with E-state index in [-0.39, 0.29) is 18.0 Å². The maximum Gasteiger partial charge on any atom is 0.319 e. The van der Waals surface area contributed by atoms with Crippen LogP contribution in [0.2, 0.25) is 5.02 Å². The first-order valence-corrected chi connectivity index (χ1v) is 10.1. The lowest BCUT2D eigenvalue weighted by Crippen LogP contribution is -2.53. The highest BCUT2D eigenvalue weighted by molar-refractivity contribution is 6.30. The zero-order chi connectivity index (χ0) is 19.8. The van der Waals surface area contributed by atoms with Gasteiger partial charge in [0.15, 0.2) is 0 Å². The van der Waals surface area contributed by atoms with Gasteiger partial charge in [0.25, 0.3) is 0 Å². The van der Waals surface area contributed by atoms with Crippen LogP contribution in [0.5, 0.6) is 0 Å². The molecule has 1 atom stereocenters. The molecule has 1 fully saturated rings. The minimum atomic E-state index is -0.537. The molecular formula is C20H31ClN4O2. The Morgan fingerprint density at radius 2 is 1.81 bits per heavy atom. The van der Waals surface area contributed by atoms with Crippen LogP contribution in [0.15, 0.2) is 24.3 Å². The second kappa shape index (κ2) is 10.5. The van der Waals surface area contributed by atoms with Crippen molar-refractivity contribution in [1.29, 1.82) is 0 Å². The molecule has 1 saturated heterocycles. The van der Waals surface area contributed by atoms with E-state index in [1.807, 2.05) is 6.92 Å². The molecule has 0 aromatic heterocycles. The van der Waals surface area contributed by atoms with Crippen molar-refractivity contribution >= 4 is 29.2 Å². The van der Waals surface area contributed by atoms with Gasteiger partial charge in [-0.25, -0.2) is 4.79 Å². The maximum absolute atomic E-state index is 12.7. The minimum absolute atomic E-state index is 0.105. The first-order valence-electron chi connectivity index (χ1n) is 9.76. The summed E-state index contributed by atoms with van der Waals surface area (Å²) in [5.41, 5.74) is 0.633. The summed E-state index contributed by atoms with van der Waals surface area (Å²) in [6.45, 7) is 8.37. The van der Waals surface area contributed by atoms with Crippen LogP contribution in [0.1, 0.15) is 46.5 Å². The predicted molar refractivity (Wildman–Crippen MR) is 110 cm³/mol. The van der Waals surface area contributed by atoms with Gasteiger partial charge in [-0.2, -0.15) is 0 Å². The zero-order valence-electron chi connectivity index (χ0n) is 16.4. The molecule has 0 spiro atoms. The smallest absolute Gasteiger partial charge is 0.319 e. The molecule has 0 saturated carbocycles. The fraction of sp³-hybridized carbons (Fsp3) is 0.600. The van der Waals surface area contributed by atoms with Crippen LogP contribution >= 0.6 is 11.6 Å². The summed E-state index contributed by atoms with van der Waals surface area (Å²) in [4.78, 5) is 27.3. The van der Waals surface area contributed by atoms with Gasteiger partial charge < -0.3 is 20.9 Å². The van der Waals surface area contributed by atoms with E-state index in [2.05, 4.69) is 34.7 Å². The van der Waals surface area contributed by atoms with Gasteiger partial charge in [-0.15, -0.1) is 0 Å². The first-order chi connectivity index (χ1) is 12.9. The second-order valence-corrected chi connectivity index (χ2v) is 7.80. The average Bonchev–Trinajstić information content (AvgIpc) is 2.63. The number of anilines is 1. The lowest BCUT2D eigenvalue weighted by molar-refractivity contribution is -0.124. The highest BCUT2D eigenvalue weighted by Crippen LogP contribution is 2.14. The van der Waals surface area contributed by atoms with Crippen molar-refractivity contribution in [3.8, 4) is 0 Å². The average molecular weight is 395 g/mol. The number of likely N-dealkylation sites (tertiary alicyclic amines) is 1. The second-order valence-electron chi connectivity index (χ2n) is 7.36. The molecule has 27 heavy (non-hydrogen) atoms. The van der Waals surface area contributed by atoms with Gasteiger partial charge in [-0.3, -0.25) is 4.79 Å². The number of hydrogen-bond acceptors (Lipinski definition) is 3. The van der Waals surface area contributed by atoms with Crippen molar-refractivity contribution in [3.05, 3.63) is 29.3 Å². The van der Waals surface area contributed by atoms with Gasteiger partial charge in [-0.05, 0) is 57.4 Å². The van der Waals surface area contributed by atoms with Gasteiger partial charge in [-0.1, -0.05) is 24.9 Å². The Hall–Kier alpha value is -1.79. The van der Waals surface area contributed by atoms with Crippen LogP contribution in [-0.2, 0) is 4.79 Å². The molecule has 1 unspecified atom stereocenters. The summed E-state index contributed by atoms with van der Waals surface area (Å²) in [5.74, 6) is -0.105. The van der Waals surface area contributed by atoms with Gasteiger partial charge in [0.05, 0.1) is 0 Å². The van der Waals surface area contributed by atoms with Crippen molar-refractivity contribution in [2.75, 3.05) is 18.4 Å². The Morgan fingerprint density at radius 3 is 2.37 bits per heavy atom. The summed E-state index contributed by atoms with van der Waals surface area (Å²) in [6.07, 6.45) is 3.30. The standard InChI is InChI=1S/C20H31ClN4O2/c1-4-5-18(24-20(27)23-16-8-6-15(21)7-9-16)19(26)22-17-10-12-25(13-11-17)14(2)3/h6-9,14,17-18H,4-5,10-13H2,1-3H3,(H,22,26)(H2,23,24,27). The molecule has 6 nitrogen and oxygen atoms in total. The Bertz CT molecular complexity index is 613. The maximum atomic E-state index is 12.7. The number of benzene rings is 1. The fourth-order valence-corrected chi connectivity index (χ4v) is 3.40. The molecule has 1 aromatic carbocycles. The lowest BCUT2D eigenvalue weighted by atomic mass is 10.0. The Morgan fingerprint density at radius 1 is 1.19 bits per heavy atom. The highest BCUT2D eigenvalue weighted by atomic mass is 35.5. The first kappa shape index (κ1) is 21.5. The number of nitrogens with zero attached hydrogens (tertiary/aromatic N) is 1. The summed E-state index contributed by atoms with van der Waals surface area (Å²) < 4.78 is 0. The highest BCUT2D eigenvalue weighted by Gasteiger charge is 2.26. The molecule has 1 aromatic rings. The molecule has 7 heteroatoms. The van der Waals surface area contributed by atoms with Crippen molar-refractivity contribution < 1.29 is 9.59 Å². The molecule has 3 N–H and O–H groups in total. The van der Waals surface area contributed by atoms with E-state index in [1.165, 1.54) is 0 Å². The number of carbonyl (C=O) groups excluding carboxylic acids is 2. The molecule has 150 valence electrons. The summed E-state index contributed by atoms with van der Waals surface area (Å²) in [7, 11) is 0. The summed E-state index contributed by atoms with van der Waals surface area (Å²) in [5, 5.41) is 9.25. The largest absolute Gasteiger partial charge is 0.351 e. The summed E-state index contributed by atoms with van der Waals surface area (Å²) in [6, 6.07) is 6.64. The van der Waals surface area contributed by atoms with E-state index in [1.54, 1.807) is 24.3 Å². The third-order valence-electron chi connectivity index (χ3n) is 4.91. The number of carbonyl (C=O) groups is 2. The van der Waals surface area contributed by atoms with Crippen molar-refractivity contribution in [1.82, 2.24) is 15.5 Å². The molecule has 2 rings (SSSR count). The molecule has 0 bridgehead atoms. The SMILES string of the molecule is CCCC(NC(=O)Nc1ccc(Cl)cc1)C(=O)NC1CCN(C(C)C)CC1. The third kappa shape index (κ3) is 7.03. The molecule has 3 amide bonds. The van der Waals surface area contributed by atoms with Crippen molar-refractivity contribution in [2.24, 2.45) is 0 Å². The van der Waals surface area contributed by atoms with Crippen LogP contribution in [0.25, 0.3) is 0 Å².